The molecule has 2 amide bonds. The normalized spacial score (nSPS) is 18.2. The molecular weight excluding hydrogens is 316 g/mol. The maximum Gasteiger partial charge on any atom is 0.323 e. The molecule has 1 atom stereocenters. The summed E-state index contributed by atoms with van der Waals surface area (Å²) in [5, 5.41) is 12.4. The summed E-state index contributed by atoms with van der Waals surface area (Å²) in [7, 11) is 0. The van der Waals surface area contributed by atoms with Crippen LogP contribution in [0.15, 0.2) is 16.5 Å². The van der Waals surface area contributed by atoms with Gasteiger partial charge in [0.1, 0.15) is 22.6 Å². The van der Waals surface area contributed by atoms with Crippen LogP contribution in [0.1, 0.15) is 36.0 Å². The minimum atomic E-state index is -0.228. The van der Waals surface area contributed by atoms with E-state index in [9.17, 15) is 4.79 Å². The summed E-state index contributed by atoms with van der Waals surface area (Å²) in [5.41, 5.74) is 0. The van der Waals surface area contributed by atoms with E-state index in [0.717, 1.165) is 29.4 Å². The molecule has 0 radical (unpaired) electrons. The second kappa shape index (κ2) is 7.10. The van der Waals surface area contributed by atoms with Gasteiger partial charge >= 0.3 is 6.03 Å². The van der Waals surface area contributed by atoms with Gasteiger partial charge in [0, 0.05) is 13.0 Å². The van der Waals surface area contributed by atoms with Crippen LogP contribution in [0.3, 0.4) is 0 Å². The fourth-order valence-electron chi connectivity index (χ4n) is 2.42. The molecule has 1 aliphatic heterocycles. The molecule has 7 nitrogen and oxygen atoms in total. The molecule has 3 heterocycles. The van der Waals surface area contributed by atoms with Gasteiger partial charge in [0.05, 0.1) is 13.2 Å². The molecule has 124 valence electrons. The highest BCUT2D eigenvalue weighted by Gasteiger charge is 2.27. The third kappa shape index (κ3) is 3.89. The van der Waals surface area contributed by atoms with Crippen molar-refractivity contribution in [1.29, 1.82) is 0 Å². The van der Waals surface area contributed by atoms with Crippen molar-refractivity contribution < 1.29 is 13.9 Å². The van der Waals surface area contributed by atoms with Gasteiger partial charge in [-0.3, -0.25) is 5.32 Å². The fraction of sp³-hybridized carbons (Fsp3) is 0.533. The van der Waals surface area contributed by atoms with E-state index in [1.54, 1.807) is 4.90 Å². The van der Waals surface area contributed by atoms with Crippen molar-refractivity contribution in [3.63, 3.8) is 0 Å². The Bertz CT molecular complexity index is 669. The SMILES string of the molecule is CCCc1nnc(NC(=O)N2CCO[C@H](c3ccc(C)o3)C2)s1. The van der Waals surface area contributed by atoms with Gasteiger partial charge in [-0.15, -0.1) is 10.2 Å². The Balaban J connectivity index is 1.60. The average Bonchev–Trinajstić information content (AvgIpc) is 3.17. The van der Waals surface area contributed by atoms with E-state index in [1.807, 2.05) is 19.1 Å². The number of ether oxygens (including phenoxy) is 1. The molecule has 0 saturated carbocycles. The molecular formula is C15H20N4O3S. The molecule has 0 unspecified atom stereocenters. The second-order valence-electron chi connectivity index (χ2n) is 5.43. The Morgan fingerprint density at radius 2 is 2.35 bits per heavy atom. The standard InChI is InChI=1S/C15H20N4O3S/c1-3-4-13-17-18-14(23-13)16-15(20)19-7-8-21-12(9-19)11-6-5-10(2)22-11/h5-6,12H,3-4,7-9H2,1-2H3,(H,16,18,20)/t12-/m0/s1. The third-order valence-electron chi connectivity index (χ3n) is 3.58. The summed E-state index contributed by atoms with van der Waals surface area (Å²) >= 11 is 1.42. The molecule has 0 bridgehead atoms. The Hall–Kier alpha value is -1.93. The lowest BCUT2D eigenvalue weighted by molar-refractivity contribution is -0.0246. The first-order chi connectivity index (χ1) is 11.2. The van der Waals surface area contributed by atoms with E-state index >= 15 is 0 Å². The molecule has 23 heavy (non-hydrogen) atoms. The minimum absolute atomic E-state index is 0.180. The number of aromatic nitrogens is 2. The number of anilines is 1. The molecule has 0 spiro atoms. The highest BCUT2D eigenvalue weighted by atomic mass is 32.1. The van der Waals surface area contributed by atoms with Crippen LogP contribution in [0.25, 0.3) is 0 Å². The van der Waals surface area contributed by atoms with Gasteiger partial charge in [0.15, 0.2) is 0 Å². The van der Waals surface area contributed by atoms with Gasteiger partial charge in [-0.25, -0.2) is 4.79 Å². The van der Waals surface area contributed by atoms with E-state index in [1.165, 1.54) is 11.3 Å². The predicted molar refractivity (Wildman–Crippen MR) is 86.6 cm³/mol. The average molecular weight is 336 g/mol. The Kier molecular flexibility index (Phi) is 4.92. The number of hydrogen-bond donors (Lipinski definition) is 1. The maximum absolute atomic E-state index is 12.4. The number of amides is 2. The molecule has 2 aromatic heterocycles. The van der Waals surface area contributed by atoms with Crippen LogP contribution >= 0.6 is 11.3 Å². The first kappa shape index (κ1) is 15.9. The third-order valence-corrected chi connectivity index (χ3v) is 4.48. The molecule has 8 heteroatoms. The number of nitrogens with one attached hydrogen (secondary N) is 1. The molecule has 0 aliphatic carbocycles. The molecule has 2 aromatic rings. The van der Waals surface area contributed by atoms with Crippen molar-refractivity contribution in [3.05, 3.63) is 28.7 Å². The van der Waals surface area contributed by atoms with Crippen LogP contribution in [-0.4, -0.2) is 40.8 Å². The topological polar surface area (TPSA) is 80.5 Å². The summed E-state index contributed by atoms with van der Waals surface area (Å²) in [6.45, 7) is 5.46. The highest BCUT2D eigenvalue weighted by Crippen LogP contribution is 2.25. The first-order valence-electron chi connectivity index (χ1n) is 7.72. The number of furan rings is 1. The number of morpholine rings is 1. The molecule has 0 aromatic carbocycles. The van der Waals surface area contributed by atoms with Crippen LogP contribution in [0.4, 0.5) is 9.93 Å². The van der Waals surface area contributed by atoms with Crippen LogP contribution in [0, 0.1) is 6.92 Å². The lowest BCUT2D eigenvalue weighted by Crippen LogP contribution is -2.44. The largest absolute Gasteiger partial charge is 0.464 e. The summed E-state index contributed by atoms with van der Waals surface area (Å²) < 4.78 is 11.3. The summed E-state index contributed by atoms with van der Waals surface area (Å²) in [4.78, 5) is 14.1. The monoisotopic (exact) mass is 336 g/mol. The molecule has 3 rings (SSSR count). The minimum Gasteiger partial charge on any atom is -0.464 e. The van der Waals surface area contributed by atoms with Crippen LogP contribution in [-0.2, 0) is 11.2 Å². The van der Waals surface area contributed by atoms with Gasteiger partial charge in [-0.05, 0) is 25.5 Å². The summed E-state index contributed by atoms with van der Waals surface area (Å²) in [6.07, 6.45) is 1.66. The van der Waals surface area contributed by atoms with Crippen LogP contribution < -0.4 is 5.32 Å². The number of rotatable bonds is 4. The number of urea groups is 1. The zero-order valence-corrected chi connectivity index (χ0v) is 14.1. The van der Waals surface area contributed by atoms with Crippen molar-refractivity contribution in [2.75, 3.05) is 25.0 Å². The Morgan fingerprint density at radius 1 is 1.48 bits per heavy atom. The quantitative estimate of drug-likeness (QED) is 0.928. The molecule has 1 N–H and O–H groups in total. The molecule has 1 fully saturated rings. The smallest absolute Gasteiger partial charge is 0.323 e. The zero-order chi connectivity index (χ0) is 16.2. The van der Waals surface area contributed by atoms with Gasteiger partial charge in [-0.2, -0.15) is 0 Å². The van der Waals surface area contributed by atoms with E-state index in [0.29, 0.717) is 24.8 Å². The van der Waals surface area contributed by atoms with Crippen molar-refractivity contribution >= 4 is 22.5 Å². The number of hydrogen-bond acceptors (Lipinski definition) is 6. The number of carbonyl (C=O) groups excluding carboxylic acids is 1. The fourth-order valence-corrected chi connectivity index (χ4v) is 3.25. The second-order valence-corrected chi connectivity index (χ2v) is 6.50. The van der Waals surface area contributed by atoms with E-state index in [2.05, 4.69) is 22.4 Å². The van der Waals surface area contributed by atoms with E-state index in [-0.39, 0.29) is 12.1 Å². The van der Waals surface area contributed by atoms with Crippen molar-refractivity contribution in [1.82, 2.24) is 15.1 Å². The van der Waals surface area contributed by atoms with E-state index < -0.39 is 0 Å². The molecule has 1 saturated heterocycles. The van der Waals surface area contributed by atoms with Crippen molar-refractivity contribution in [2.45, 2.75) is 32.8 Å². The Morgan fingerprint density at radius 3 is 3.09 bits per heavy atom. The van der Waals surface area contributed by atoms with E-state index in [4.69, 9.17) is 9.15 Å². The maximum atomic E-state index is 12.4. The van der Waals surface area contributed by atoms with Gasteiger partial charge < -0.3 is 14.1 Å². The van der Waals surface area contributed by atoms with Crippen LogP contribution in [0.5, 0.6) is 0 Å². The lowest BCUT2D eigenvalue weighted by Gasteiger charge is -2.31. The van der Waals surface area contributed by atoms with Crippen molar-refractivity contribution in [2.24, 2.45) is 0 Å². The zero-order valence-electron chi connectivity index (χ0n) is 13.2. The summed E-state index contributed by atoms with van der Waals surface area (Å²) in [5.74, 6) is 1.59. The van der Waals surface area contributed by atoms with Gasteiger partial charge in [-0.1, -0.05) is 18.3 Å². The summed E-state index contributed by atoms with van der Waals surface area (Å²) in [6, 6.07) is 3.61. The van der Waals surface area contributed by atoms with Crippen LogP contribution in [0.2, 0.25) is 0 Å². The number of nitrogens with zero attached hydrogens (tertiary/aromatic N) is 3. The first-order valence-corrected chi connectivity index (χ1v) is 8.53. The van der Waals surface area contributed by atoms with Gasteiger partial charge in [0.25, 0.3) is 0 Å². The Labute approximate surface area is 138 Å². The predicted octanol–water partition coefficient (Wildman–Crippen LogP) is 3.00. The highest BCUT2D eigenvalue weighted by molar-refractivity contribution is 7.15. The number of carbonyl (C=O) groups is 1. The number of aryl methyl sites for hydroxylation is 2. The molecule has 1 aliphatic rings. The van der Waals surface area contributed by atoms with Gasteiger partial charge in [0.2, 0.25) is 5.13 Å². The van der Waals surface area contributed by atoms with Crippen molar-refractivity contribution in [3.8, 4) is 0 Å². The lowest BCUT2D eigenvalue weighted by atomic mass is 10.2.